The third-order valence-corrected chi connectivity index (χ3v) is 8.21. The van der Waals surface area contributed by atoms with E-state index in [0.717, 1.165) is 37.2 Å². The SMILES string of the molecule is CON=C(C(=O)NC1C(=O)N2C(C(=O)O)=C(C=CSc3nn(C)c(=O)c(=O)n3C)CSC12)c1csc(N)n1. The summed E-state index contributed by atoms with van der Waals surface area (Å²) in [5, 5.41) is 22.9. The lowest BCUT2D eigenvalue weighted by Crippen LogP contribution is -2.71. The van der Waals surface area contributed by atoms with E-state index in [1.165, 1.54) is 49.8 Å². The number of carbonyl (C=O) groups excluding carboxylic acids is 2. The first kappa shape index (κ1) is 27.1. The smallest absolute Gasteiger partial charge is 0.352 e. The maximum Gasteiger partial charge on any atom is 0.352 e. The van der Waals surface area contributed by atoms with Gasteiger partial charge in [-0.2, -0.15) is 0 Å². The Morgan fingerprint density at radius 2 is 2.05 bits per heavy atom. The molecule has 4 rings (SSSR count). The molecule has 15 nitrogen and oxygen atoms in total. The highest BCUT2D eigenvalue weighted by Crippen LogP contribution is 2.41. The number of nitrogen functional groups attached to an aromatic ring is 1. The Morgan fingerprint density at radius 3 is 2.68 bits per heavy atom. The number of carboxylic acids is 1. The summed E-state index contributed by atoms with van der Waals surface area (Å²) in [7, 11) is 4.00. The monoisotopic (exact) mass is 580 g/mol. The van der Waals surface area contributed by atoms with Crippen molar-refractivity contribution in [1.29, 1.82) is 0 Å². The summed E-state index contributed by atoms with van der Waals surface area (Å²) in [5.41, 5.74) is 4.22. The minimum Gasteiger partial charge on any atom is -0.477 e. The van der Waals surface area contributed by atoms with Crippen molar-refractivity contribution >= 4 is 63.5 Å². The van der Waals surface area contributed by atoms with Crippen molar-refractivity contribution in [3.8, 4) is 0 Å². The van der Waals surface area contributed by atoms with Crippen LogP contribution in [0.2, 0.25) is 0 Å². The number of nitrogens with one attached hydrogen (secondary N) is 1. The van der Waals surface area contributed by atoms with E-state index >= 15 is 0 Å². The molecule has 38 heavy (non-hydrogen) atoms. The number of nitrogens with zero attached hydrogens (tertiary/aromatic N) is 6. The molecule has 0 saturated carbocycles. The van der Waals surface area contributed by atoms with Crippen LogP contribution in [0.4, 0.5) is 5.13 Å². The van der Waals surface area contributed by atoms with Crippen LogP contribution in [-0.2, 0) is 33.3 Å². The van der Waals surface area contributed by atoms with Crippen molar-refractivity contribution in [1.82, 2.24) is 29.5 Å². The Hall–Kier alpha value is -3.90. The summed E-state index contributed by atoms with van der Waals surface area (Å²) in [6.45, 7) is 0. The van der Waals surface area contributed by atoms with Gasteiger partial charge in [0.25, 0.3) is 11.8 Å². The third kappa shape index (κ3) is 4.96. The summed E-state index contributed by atoms with van der Waals surface area (Å²) < 4.78 is 2.00. The number of carbonyl (C=O) groups is 3. The first-order chi connectivity index (χ1) is 18.0. The third-order valence-electron chi connectivity index (χ3n) is 5.40. The van der Waals surface area contributed by atoms with E-state index < -0.39 is 40.3 Å². The van der Waals surface area contributed by atoms with E-state index in [0.29, 0.717) is 5.57 Å². The van der Waals surface area contributed by atoms with Gasteiger partial charge in [-0.25, -0.2) is 14.5 Å². The van der Waals surface area contributed by atoms with Gasteiger partial charge in [-0.1, -0.05) is 16.9 Å². The average Bonchev–Trinajstić information content (AvgIpc) is 3.32. The summed E-state index contributed by atoms with van der Waals surface area (Å²) in [4.78, 5) is 71.4. The lowest BCUT2D eigenvalue weighted by atomic mass is 10.0. The molecular formula is C20H20N8O7S3. The first-order valence-corrected chi connectivity index (χ1v) is 13.4. The molecule has 2 aliphatic rings. The lowest BCUT2D eigenvalue weighted by Gasteiger charge is -2.49. The lowest BCUT2D eigenvalue weighted by molar-refractivity contribution is -0.150. The van der Waals surface area contributed by atoms with Crippen molar-refractivity contribution in [3.63, 3.8) is 0 Å². The molecule has 1 saturated heterocycles. The van der Waals surface area contributed by atoms with Gasteiger partial charge >= 0.3 is 17.1 Å². The fourth-order valence-electron chi connectivity index (χ4n) is 3.56. The second kappa shape index (κ2) is 10.8. The molecule has 0 aromatic carbocycles. The molecule has 0 aliphatic carbocycles. The number of nitrogens with two attached hydrogens (primary N) is 1. The van der Waals surface area contributed by atoms with E-state index in [9.17, 15) is 29.1 Å². The summed E-state index contributed by atoms with van der Waals surface area (Å²) in [5.74, 6) is -2.43. The van der Waals surface area contributed by atoms with E-state index in [-0.39, 0.29) is 33.1 Å². The Morgan fingerprint density at radius 1 is 1.32 bits per heavy atom. The fraction of sp³-hybridized carbons (Fsp3) is 0.300. The normalized spacial score (nSPS) is 19.4. The first-order valence-electron chi connectivity index (χ1n) is 10.6. The maximum absolute atomic E-state index is 12.9. The number of aryl methyl sites for hydroxylation is 1. The molecule has 2 aliphatic heterocycles. The molecule has 2 unspecified atom stereocenters. The number of thiazole rings is 1. The summed E-state index contributed by atoms with van der Waals surface area (Å²) >= 11 is 3.37. The predicted octanol–water partition coefficient (Wildman–Crippen LogP) is -1.09. The van der Waals surface area contributed by atoms with Crippen LogP contribution in [0.25, 0.3) is 0 Å². The number of thioether (sulfide) groups is 2. The number of allylic oxidation sites excluding steroid dienone is 1. The van der Waals surface area contributed by atoms with Gasteiger partial charge in [0.05, 0.1) is 0 Å². The number of amides is 2. The average molecular weight is 581 g/mol. The topological polar surface area (TPSA) is 204 Å². The highest BCUT2D eigenvalue weighted by Gasteiger charge is 2.54. The Balaban J connectivity index is 1.52. The quantitative estimate of drug-likeness (QED) is 0.112. The largest absolute Gasteiger partial charge is 0.477 e. The molecule has 2 atom stereocenters. The van der Waals surface area contributed by atoms with Crippen LogP contribution in [0.3, 0.4) is 0 Å². The van der Waals surface area contributed by atoms with Gasteiger partial charge in [-0.15, -0.1) is 28.2 Å². The molecule has 0 radical (unpaired) electrons. The zero-order valence-corrected chi connectivity index (χ0v) is 22.4. The van der Waals surface area contributed by atoms with E-state index in [2.05, 4.69) is 20.6 Å². The molecular weight excluding hydrogens is 560 g/mol. The van der Waals surface area contributed by atoms with Gasteiger partial charge in [0.15, 0.2) is 16.0 Å². The molecule has 2 aromatic heterocycles. The van der Waals surface area contributed by atoms with Crippen LogP contribution in [0, 0.1) is 0 Å². The van der Waals surface area contributed by atoms with Crippen molar-refractivity contribution < 1.29 is 24.3 Å². The standard InChI is InChI=1S/C20H20N8O7S3/c1-26-15(31)16(32)27(2)24-20(26)36-5-4-8-6-37-17-11(14(30)28(17)12(8)18(33)34)23-13(29)10(25-35-3)9-7-38-19(21)22-9/h4-5,7,11,17H,6H2,1-3H3,(H2,21,22)(H,23,29)(H,33,34). The Labute approximate surface area is 226 Å². The molecule has 0 spiro atoms. The number of oxime groups is 1. The number of carboxylic acid groups (broad SMARTS) is 1. The number of hydrogen-bond acceptors (Lipinski definition) is 13. The van der Waals surface area contributed by atoms with E-state index in [1.807, 2.05) is 0 Å². The van der Waals surface area contributed by atoms with Gasteiger partial charge in [0.2, 0.25) is 0 Å². The van der Waals surface area contributed by atoms with Gasteiger partial charge in [-0.3, -0.25) is 28.6 Å². The number of rotatable bonds is 8. The number of hydrogen-bond donors (Lipinski definition) is 3. The predicted molar refractivity (Wildman–Crippen MR) is 139 cm³/mol. The molecule has 200 valence electrons. The zero-order chi connectivity index (χ0) is 27.7. The minimum atomic E-state index is -1.31. The van der Waals surface area contributed by atoms with Crippen molar-refractivity contribution in [2.24, 2.45) is 19.3 Å². The van der Waals surface area contributed by atoms with Crippen LogP contribution in [0.1, 0.15) is 5.69 Å². The van der Waals surface area contributed by atoms with E-state index in [4.69, 9.17) is 10.6 Å². The van der Waals surface area contributed by atoms with Crippen molar-refractivity contribution in [2.75, 3.05) is 18.6 Å². The zero-order valence-electron chi connectivity index (χ0n) is 20.0. The van der Waals surface area contributed by atoms with Crippen LogP contribution >= 0.6 is 34.9 Å². The van der Waals surface area contributed by atoms with E-state index in [1.54, 1.807) is 0 Å². The van der Waals surface area contributed by atoms with Crippen molar-refractivity contribution in [3.05, 3.63) is 54.5 Å². The molecule has 4 heterocycles. The van der Waals surface area contributed by atoms with Crippen LogP contribution in [-0.4, -0.2) is 77.1 Å². The second-order valence-electron chi connectivity index (χ2n) is 7.73. The minimum absolute atomic E-state index is 0.174. The van der Waals surface area contributed by atoms with Gasteiger partial charge in [0, 0.05) is 25.2 Å². The summed E-state index contributed by atoms with van der Waals surface area (Å²) in [6, 6.07) is -0.996. The summed E-state index contributed by atoms with van der Waals surface area (Å²) in [6.07, 6.45) is 1.50. The number of aliphatic carboxylic acids is 1. The maximum atomic E-state index is 12.9. The highest BCUT2D eigenvalue weighted by atomic mass is 32.2. The number of aromatic nitrogens is 4. The Bertz CT molecular complexity index is 1540. The van der Waals surface area contributed by atoms with Crippen molar-refractivity contribution in [2.45, 2.75) is 16.6 Å². The molecule has 2 aromatic rings. The molecule has 1 fully saturated rings. The highest BCUT2D eigenvalue weighted by molar-refractivity contribution is 8.02. The molecule has 4 N–H and O–H groups in total. The van der Waals surface area contributed by atoms with Gasteiger partial charge in [0.1, 0.15) is 29.9 Å². The second-order valence-corrected chi connectivity index (χ2v) is 10.6. The van der Waals surface area contributed by atoms with Gasteiger partial charge in [-0.05, 0) is 17.1 Å². The van der Waals surface area contributed by atoms with Crippen LogP contribution < -0.4 is 22.2 Å². The molecule has 2 amide bonds. The Kier molecular flexibility index (Phi) is 7.74. The van der Waals surface area contributed by atoms with Crippen LogP contribution in [0.5, 0.6) is 0 Å². The fourth-order valence-corrected chi connectivity index (χ4v) is 6.19. The molecule has 18 heteroatoms. The molecule has 0 bridgehead atoms. The number of anilines is 1. The van der Waals surface area contributed by atoms with Crippen LogP contribution in [0.15, 0.2) is 48.0 Å². The number of fused-ring (bicyclic) bond motifs is 1. The number of β-lactam (4-membered cyclic amide) rings is 1. The van der Waals surface area contributed by atoms with Gasteiger partial charge < -0.3 is 21.0 Å².